The Kier molecular flexibility index (Phi) is 4.79. The van der Waals surface area contributed by atoms with Gasteiger partial charge in [0.1, 0.15) is 4.21 Å². The average Bonchev–Trinajstić information content (AvgIpc) is 2.48. The van der Waals surface area contributed by atoms with Crippen LogP contribution in [0.2, 0.25) is 5.02 Å². The van der Waals surface area contributed by atoms with Gasteiger partial charge in [0.05, 0.1) is 8.81 Å². The molecule has 7 heteroatoms. The summed E-state index contributed by atoms with van der Waals surface area (Å²) in [4.78, 5) is 0. The first-order valence-electron chi connectivity index (χ1n) is 4.03. The molecule has 15 heavy (non-hydrogen) atoms. The van der Waals surface area contributed by atoms with E-state index in [1.54, 1.807) is 6.08 Å². The lowest BCUT2D eigenvalue weighted by molar-refractivity contribution is 0.584. The average molecular weight is 331 g/mol. The van der Waals surface area contributed by atoms with Gasteiger partial charge in [0.2, 0.25) is 10.0 Å². The quantitative estimate of drug-likeness (QED) is 0.666. The summed E-state index contributed by atoms with van der Waals surface area (Å²) in [6.07, 6.45) is 2.25. The third-order valence-electron chi connectivity index (χ3n) is 1.53. The van der Waals surface area contributed by atoms with Crippen molar-refractivity contribution >= 4 is 48.9 Å². The third kappa shape index (κ3) is 3.57. The lowest BCUT2D eigenvalue weighted by Crippen LogP contribution is -2.23. The van der Waals surface area contributed by atoms with Gasteiger partial charge in [0, 0.05) is 6.54 Å². The molecule has 0 bridgehead atoms. The number of hydrogen-bond acceptors (Lipinski definition) is 3. The number of nitrogens with one attached hydrogen (secondary N) is 1. The summed E-state index contributed by atoms with van der Waals surface area (Å²) in [5, 5.41) is 0.407. The maximum atomic E-state index is 11.7. The molecule has 0 aliphatic carbocycles. The molecule has 1 heterocycles. The molecule has 0 saturated heterocycles. The second-order valence-electron chi connectivity index (χ2n) is 2.66. The van der Waals surface area contributed by atoms with Crippen LogP contribution in [0.3, 0.4) is 0 Å². The van der Waals surface area contributed by atoms with Crippen molar-refractivity contribution in [3.63, 3.8) is 0 Å². The topological polar surface area (TPSA) is 46.2 Å². The van der Waals surface area contributed by atoms with Crippen molar-refractivity contribution < 1.29 is 8.42 Å². The molecule has 0 radical (unpaired) electrons. The number of hydrogen-bond donors (Lipinski definition) is 1. The molecule has 1 rings (SSSR count). The van der Waals surface area contributed by atoms with Crippen LogP contribution in [0, 0.1) is 0 Å². The number of thiophene rings is 1. The van der Waals surface area contributed by atoms with Crippen molar-refractivity contribution in [1.29, 1.82) is 0 Å². The van der Waals surface area contributed by atoms with Crippen molar-refractivity contribution in [3.05, 3.63) is 27.5 Å². The molecule has 1 aromatic heterocycles. The fourth-order valence-corrected chi connectivity index (χ4v) is 4.32. The Hall–Kier alpha value is 0.120. The van der Waals surface area contributed by atoms with E-state index < -0.39 is 10.0 Å². The molecule has 1 aromatic rings. The molecular weight excluding hydrogens is 322 g/mol. The molecule has 0 aliphatic rings. The summed E-state index contributed by atoms with van der Waals surface area (Å²) in [5.41, 5.74) is 0. The van der Waals surface area contributed by atoms with Gasteiger partial charge in [-0.05, 0) is 28.4 Å². The standard InChI is InChI=1S/C8H9BrClNO2S2/c1-2-3-4-11-15(12,13)7-5-6(10)8(9)14-7/h2,5,11H,1,3-4H2. The zero-order chi connectivity index (χ0) is 11.5. The maximum absolute atomic E-state index is 11.7. The van der Waals surface area contributed by atoms with Crippen molar-refractivity contribution in [2.75, 3.05) is 6.54 Å². The van der Waals surface area contributed by atoms with Crippen LogP contribution in [0.1, 0.15) is 6.42 Å². The van der Waals surface area contributed by atoms with E-state index in [1.165, 1.54) is 6.07 Å². The van der Waals surface area contributed by atoms with Crippen LogP contribution in [0.25, 0.3) is 0 Å². The van der Waals surface area contributed by atoms with Crippen LogP contribution in [-0.4, -0.2) is 15.0 Å². The molecule has 0 aliphatic heterocycles. The van der Waals surface area contributed by atoms with Gasteiger partial charge in [0.25, 0.3) is 0 Å². The van der Waals surface area contributed by atoms with E-state index >= 15 is 0 Å². The molecule has 0 spiro atoms. The molecule has 0 unspecified atom stereocenters. The summed E-state index contributed by atoms with van der Waals surface area (Å²) >= 11 is 10.0. The largest absolute Gasteiger partial charge is 0.250 e. The highest BCUT2D eigenvalue weighted by molar-refractivity contribution is 9.11. The predicted octanol–water partition coefficient (Wildman–Crippen LogP) is 3.02. The number of sulfonamides is 1. The van der Waals surface area contributed by atoms with E-state index in [-0.39, 0.29) is 4.21 Å². The van der Waals surface area contributed by atoms with Crippen LogP contribution < -0.4 is 4.72 Å². The van der Waals surface area contributed by atoms with Crippen molar-refractivity contribution in [2.24, 2.45) is 0 Å². The minimum Gasteiger partial charge on any atom is -0.210 e. The van der Waals surface area contributed by atoms with Gasteiger partial charge in [0.15, 0.2) is 0 Å². The molecule has 0 atom stereocenters. The zero-order valence-corrected chi connectivity index (χ0v) is 11.6. The molecule has 0 saturated carbocycles. The first-order chi connectivity index (χ1) is 6.97. The smallest absolute Gasteiger partial charge is 0.210 e. The Labute approximate surface area is 106 Å². The number of halogens is 2. The summed E-state index contributed by atoms with van der Waals surface area (Å²) in [6, 6.07) is 1.42. The first kappa shape index (κ1) is 13.2. The minimum atomic E-state index is -3.43. The molecular formula is C8H9BrClNO2S2. The fraction of sp³-hybridized carbons (Fsp3) is 0.250. The highest BCUT2D eigenvalue weighted by Gasteiger charge is 2.17. The Bertz CT molecular complexity index is 436. The van der Waals surface area contributed by atoms with Crippen molar-refractivity contribution in [1.82, 2.24) is 4.72 Å². The van der Waals surface area contributed by atoms with E-state index in [0.717, 1.165) is 11.3 Å². The molecule has 1 N–H and O–H groups in total. The predicted molar refractivity (Wildman–Crippen MR) is 67.0 cm³/mol. The van der Waals surface area contributed by atoms with Crippen LogP contribution in [0.4, 0.5) is 0 Å². The van der Waals surface area contributed by atoms with Crippen molar-refractivity contribution in [2.45, 2.75) is 10.6 Å². The molecule has 0 fully saturated rings. The Balaban J connectivity index is 2.82. The highest BCUT2D eigenvalue weighted by Crippen LogP contribution is 2.34. The second-order valence-corrected chi connectivity index (χ2v) is 7.43. The monoisotopic (exact) mass is 329 g/mol. The van der Waals surface area contributed by atoms with Gasteiger partial charge in [-0.25, -0.2) is 13.1 Å². The second kappa shape index (κ2) is 5.45. The Morgan fingerprint density at radius 2 is 2.33 bits per heavy atom. The van der Waals surface area contributed by atoms with Gasteiger partial charge < -0.3 is 0 Å². The van der Waals surface area contributed by atoms with Gasteiger partial charge in [-0.1, -0.05) is 17.7 Å². The van der Waals surface area contributed by atoms with Gasteiger partial charge in [-0.15, -0.1) is 17.9 Å². The van der Waals surface area contributed by atoms with Gasteiger partial charge >= 0.3 is 0 Å². The molecule has 3 nitrogen and oxygen atoms in total. The zero-order valence-electron chi connectivity index (χ0n) is 7.66. The SMILES string of the molecule is C=CCCNS(=O)(=O)c1cc(Cl)c(Br)s1. The first-order valence-corrected chi connectivity index (χ1v) is 7.50. The third-order valence-corrected chi connectivity index (χ3v) is 5.94. The van der Waals surface area contributed by atoms with Crippen LogP contribution >= 0.6 is 38.9 Å². The number of rotatable bonds is 5. The lowest BCUT2D eigenvalue weighted by atomic mass is 10.4. The van der Waals surface area contributed by atoms with E-state index in [4.69, 9.17) is 11.6 Å². The molecule has 84 valence electrons. The summed E-state index contributed by atoms with van der Waals surface area (Å²) in [6.45, 7) is 3.86. The van der Waals surface area contributed by atoms with Crippen LogP contribution in [-0.2, 0) is 10.0 Å². The van der Waals surface area contributed by atoms with E-state index in [1.807, 2.05) is 0 Å². The van der Waals surface area contributed by atoms with Crippen LogP contribution in [0.5, 0.6) is 0 Å². The summed E-state index contributed by atoms with van der Waals surface area (Å²) in [7, 11) is -3.43. The summed E-state index contributed by atoms with van der Waals surface area (Å²) < 4.78 is 26.6. The normalized spacial score (nSPS) is 11.6. The van der Waals surface area contributed by atoms with E-state index in [0.29, 0.717) is 21.8 Å². The van der Waals surface area contributed by atoms with Crippen LogP contribution in [0.15, 0.2) is 26.7 Å². The highest BCUT2D eigenvalue weighted by atomic mass is 79.9. The van der Waals surface area contributed by atoms with Gasteiger partial charge in [-0.3, -0.25) is 0 Å². The van der Waals surface area contributed by atoms with E-state index in [2.05, 4.69) is 27.2 Å². The lowest BCUT2D eigenvalue weighted by Gasteiger charge is -2.01. The Morgan fingerprint density at radius 1 is 1.67 bits per heavy atom. The van der Waals surface area contributed by atoms with Crippen molar-refractivity contribution in [3.8, 4) is 0 Å². The maximum Gasteiger partial charge on any atom is 0.250 e. The van der Waals surface area contributed by atoms with Gasteiger partial charge in [-0.2, -0.15) is 0 Å². The molecule has 0 aromatic carbocycles. The van der Waals surface area contributed by atoms with E-state index in [9.17, 15) is 8.42 Å². The molecule has 0 amide bonds. The minimum absolute atomic E-state index is 0.212. The summed E-state index contributed by atoms with van der Waals surface area (Å²) in [5.74, 6) is 0. The Morgan fingerprint density at radius 3 is 2.80 bits per heavy atom. The fourth-order valence-electron chi connectivity index (χ4n) is 0.826.